The van der Waals surface area contributed by atoms with Crippen molar-refractivity contribution < 1.29 is 4.42 Å². The Morgan fingerprint density at radius 2 is 0.951 bits per heavy atom. The van der Waals surface area contributed by atoms with E-state index in [-0.39, 0.29) is 0 Å². The minimum absolute atomic E-state index is 0.898. The van der Waals surface area contributed by atoms with Crippen molar-refractivity contribution in [3.05, 3.63) is 224 Å². The van der Waals surface area contributed by atoms with Crippen LogP contribution >= 0.6 is 0 Å². The zero-order valence-electron chi connectivity index (χ0n) is 33.2. The molecule has 0 atom stereocenters. The van der Waals surface area contributed by atoms with E-state index >= 15 is 0 Å². The van der Waals surface area contributed by atoms with Crippen molar-refractivity contribution in [2.24, 2.45) is 0 Å². The van der Waals surface area contributed by atoms with Gasteiger partial charge < -0.3 is 14.3 Å². The molecule has 1 N–H and O–H groups in total. The number of aromatic nitrogens is 1. The summed E-state index contributed by atoms with van der Waals surface area (Å²) in [7, 11) is 0. The maximum absolute atomic E-state index is 6.34. The average molecular weight is 779 g/mol. The fraction of sp³-hybridized carbons (Fsp3) is 0. The number of fused-ring (bicyclic) bond motifs is 7. The number of hydrogen-bond acceptors (Lipinski definition) is 2. The molecule has 0 amide bonds. The molecule has 3 nitrogen and oxygen atoms in total. The molecule has 0 spiro atoms. The Morgan fingerprint density at radius 1 is 0.344 bits per heavy atom. The summed E-state index contributed by atoms with van der Waals surface area (Å²) < 4.78 is 8.75. The molecule has 0 saturated carbocycles. The van der Waals surface area contributed by atoms with Gasteiger partial charge in [-0.05, 0) is 129 Å². The quantitative estimate of drug-likeness (QED) is 0.175. The van der Waals surface area contributed by atoms with E-state index in [1.54, 1.807) is 0 Å². The summed E-state index contributed by atoms with van der Waals surface area (Å²) in [6.45, 7) is 0. The highest BCUT2D eigenvalue weighted by Gasteiger charge is 2.18. The SMILES string of the molecule is c1ccc(Nc2ccc(-c3ccc4c(c3)c3cc(-c5cccc6oc7ccccc7c56)ccc3n4-c3ccc(-c4ccc5ccccc5c4)cc3)cc2-c2ccccc2)cc1. The fourth-order valence-electron chi connectivity index (χ4n) is 9.20. The summed E-state index contributed by atoms with van der Waals surface area (Å²) in [5, 5.41) is 10.8. The molecule has 2 heterocycles. The molecule has 12 rings (SSSR count). The summed E-state index contributed by atoms with van der Waals surface area (Å²) in [4.78, 5) is 0. The first-order valence-corrected chi connectivity index (χ1v) is 20.8. The summed E-state index contributed by atoms with van der Waals surface area (Å²) in [5.74, 6) is 0. The molecule has 286 valence electrons. The van der Waals surface area contributed by atoms with Gasteiger partial charge in [0.25, 0.3) is 0 Å². The largest absolute Gasteiger partial charge is 0.456 e. The summed E-state index contributed by atoms with van der Waals surface area (Å²) >= 11 is 0. The lowest BCUT2D eigenvalue weighted by atomic mass is 9.95. The number of benzene rings is 10. The van der Waals surface area contributed by atoms with Crippen molar-refractivity contribution >= 4 is 65.9 Å². The van der Waals surface area contributed by atoms with E-state index < -0.39 is 0 Å². The van der Waals surface area contributed by atoms with Crippen molar-refractivity contribution in [2.75, 3.05) is 5.32 Å². The Bertz CT molecular complexity index is 3600. The lowest BCUT2D eigenvalue weighted by molar-refractivity contribution is 0.669. The van der Waals surface area contributed by atoms with Crippen molar-refractivity contribution in [1.29, 1.82) is 0 Å². The van der Waals surface area contributed by atoms with Crippen LogP contribution in [0.2, 0.25) is 0 Å². The predicted octanol–water partition coefficient (Wildman–Crippen LogP) is 16.2. The molecule has 0 aliphatic carbocycles. The minimum Gasteiger partial charge on any atom is -0.456 e. The third-order valence-electron chi connectivity index (χ3n) is 12.2. The number of hydrogen-bond donors (Lipinski definition) is 1. The van der Waals surface area contributed by atoms with Crippen LogP contribution in [0, 0.1) is 0 Å². The molecule has 0 radical (unpaired) electrons. The molecule has 0 saturated heterocycles. The fourth-order valence-corrected chi connectivity index (χ4v) is 9.20. The van der Waals surface area contributed by atoms with Crippen LogP contribution < -0.4 is 5.32 Å². The van der Waals surface area contributed by atoms with E-state index in [1.165, 1.54) is 32.7 Å². The van der Waals surface area contributed by atoms with Crippen LogP contribution in [0.5, 0.6) is 0 Å². The van der Waals surface area contributed by atoms with E-state index in [1.807, 2.05) is 12.1 Å². The zero-order chi connectivity index (χ0) is 40.3. The first-order chi connectivity index (χ1) is 30.2. The van der Waals surface area contributed by atoms with Gasteiger partial charge in [-0.15, -0.1) is 0 Å². The Labute approximate surface area is 353 Å². The lowest BCUT2D eigenvalue weighted by Gasteiger charge is -2.15. The second-order valence-electron chi connectivity index (χ2n) is 15.8. The van der Waals surface area contributed by atoms with Gasteiger partial charge in [-0.1, -0.05) is 146 Å². The van der Waals surface area contributed by atoms with Crippen LogP contribution in [0.1, 0.15) is 0 Å². The summed E-state index contributed by atoms with van der Waals surface area (Å²) in [6.07, 6.45) is 0. The average Bonchev–Trinajstić information content (AvgIpc) is 3.87. The van der Waals surface area contributed by atoms with E-state index in [0.717, 1.165) is 83.4 Å². The van der Waals surface area contributed by atoms with Crippen molar-refractivity contribution in [2.45, 2.75) is 0 Å². The van der Waals surface area contributed by atoms with E-state index in [0.29, 0.717) is 0 Å². The van der Waals surface area contributed by atoms with Gasteiger partial charge in [-0.25, -0.2) is 0 Å². The Balaban J connectivity index is 1.03. The molecular weight excluding hydrogens is 741 g/mol. The molecular formula is C58H38N2O. The van der Waals surface area contributed by atoms with E-state index in [2.05, 4.69) is 222 Å². The second-order valence-corrected chi connectivity index (χ2v) is 15.8. The van der Waals surface area contributed by atoms with Gasteiger partial charge >= 0.3 is 0 Å². The highest BCUT2D eigenvalue weighted by atomic mass is 16.3. The highest BCUT2D eigenvalue weighted by molar-refractivity contribution is 6.15. The van der Waals surface area contributed by atoms with Gasteiger partial charge in [-0.2, -0.15) is 0 Å². The van der Waals surface area contributed by atoms with Gasteiger partial charge in [0.1, 0.15) is 11.2 Å². The Morgan fingerprint density at radius 3 is 1.77 bits per heavy atom. The third kappa shape index (κ3) is 6.06. The van der Waals surface area contributed by atoms with Crippen LogP contribution in [0.3, 0.4) is 0 Å². The maximum Gasteiger partial charge on any atom is 0.136 e. The van der Waals surface area contributed by atoms with Crippen molar-refractivity contribution in [1.82, 2.24) is 4.57 Å². The van der Waals surface area contributed by atoms with E-state index in [9.17, 15) is 0 Å². The molecule has 61 heavy (non-hydrogen) atoms. The first-order valence-electron chi connectivity index (χ1n) is 20.8. The monoisotopic (exact) mass is 778 g/mol. The van der Waals surface area contributed by atoms with Gasteiger partial charge in [0.15, 0.2) is 0 Å². The summed E-state index contributed by atoms with van der Waals surface area (Å²) in [6, 6.07) is 80.7. The normalized spacial score (nSPS) is 11.6. The van der Waals surface area contributed by atoms with Gasteiger partial charge in [0, 0.05) is 44.2 Å². The lowest BCUT2D eigenvalue weighted by Crippen LogP contribution is -1.95. The molecule has 0 aliphatic heterocycles. The molecule has 0 fully saturated rings. The molecule has 0 aliphatic rings. The van der Waals surface area contributed by atoms with Crippen LogP contribution in [-0.4, -0.2) is 4.57 Å². The number of nitrogens with one attached hydrogen (secondary N) is 1. The minimum atomic E-state index is 0.898. The Kier molecular flexibility index (Phi) is 8.17. The van der Waals surface area contributed by atoms with Crippen LogP contribution in [0.4, 0.5) is 11.4 Å². The van der Waals surface area contributed by atoms with Crippen LogP contribution in [-0.2, 0) is 0 Å². The van der Waals surface area contributed by atoms with Crippen LogP contribution in [0.25, 0.3) is 105 Å². The topological polar surface area (TPSA) is 30.1 Å². The summed E-state index contributed by atoms with van der Waals surface area (Å²) in [5.41, 5.74) is 16.7. The zero-order valence-corrected chi connectivity index (χ0v) is 33.2. The molecule has 0 unspecified atom stereocenters. The Hall–Kier alpha value is -8.14. The molecule has 0 bridgehead atoms. The van der Waals surface area contributed by atoms with Crippen molar-refractivity contribution in [3.63, 3.8) is 0 Å². The number of furan rings is 1. The molecule has 12 aromatic rings. The standard InChI is InChI=1S/C58H38N2O/c1-3-13-40(14-4-1)50-35-43(26-31-53(50)59-46-16-5-2-6-17-46)44-27-32-54-51(36-44)52-37-45(48-19-11-21-57-58(48)49-18-9-10-20-56(49)61-57)28-33-55(52)60(54)47-29-24-39(25-30-47)42-23-22-38-12-7-8-15-41(38)34-42/h1-37,59H. The van der Waals surface area contributed by atoms with Gasteiger partial charge in [0.2, 0.25) is 0 Å². The predicted molar refractivity (Wildman–Crippen MR) is 257 cm³/mol. The maximum atomic E-state index is 6.34. The number of nitrogens with zero attached hydrogens (tertiary/aromatic N) is 1. The third-order valence-corrected chi connectivity index (χ3v) is 12.2. The molecule has 2 aromatic heterocycles. The highest BCUT2D eigenvalue weighted by Crippen LogP contribution is 2.42. The van der Waals surface area contributed by atoms with Crippen LogP contribution in [0.15, 0.2) is 229 Å². The number of rotatable bonds is 7. The number of anilines is 2. The number of para-hydroxylation sites is 2. The van der Waals surface area contributed by atoms with Gasteiger partial charge in [-0.3, -0.25) is 0 Å². The van der Waals surface area contributed by atoms with E-state index in [4.69, 9.17) is 4.42 Å². The second kappa shape index (κ2) is 14.3. The van der Waals surface area contributed by atoms with Gasteiger partial charge in [0.05, 0.1) is 11.0 Å². The molecule has 10 aromatic carbocycles. The first kappa shape index (κ1) is 34.9. The van der Waals surface area contributed by atoms with Crippen molar-refractivity contribution in [3.8, 4) is 50.2 Å². The smallest absolute Gasteiger partial charge is 0.136 e. The molecule has 3 heteroatoms.